The van der Waals surface area contributed by atoms with Gasteiger partial charge >= 0.3 is 5.97 Å². The predicted octanol–water partition coefficient (Wildman–Crippen LogP) is 1.98. The summed E-state index contributed by atoms with van der Waals surface area (Å²) in [5.41, 5.74) is 0.729. The van der Waals surface area contributed by atoms with Crippen molar-refractivity contribution in [2.75, 3.05) is 13.7 Å². The minimum Gasteiger partial charge on any atom is -0.469 e. The van der Waals surface area contributed by atoms with E-state index in [0.29, 0.717) is 6.54 Å². The number of hydrogen-bond donors (Lipinski definition) is 1. The van der Waals surface area contributed by atoms with Gasteiger partial charge in [-0.1, -0.05) is 30.3 Å². The molecule has 0 atom stereocenters. The Labute approximate surface area is 96.8 Å². The molecule has 3 heteroatoms. The Morgan fingerprint density at radius 2 is 1.94 bits per heavy atom. The highest BCUT2D eigenvalue weighted by Gasteiger charge is 2.27. The molecule has 0 spiro atoms. The first-order valence-corrected chi connectivity index (χ1v) is 5.39. The van der Waals surface area contributed by atoms with E-state index in [1.54, 1.807) is 0 Å². The Hall–Kier alpha value is -1.35. The van der Waals surface area contributed by atoms with E-state index in [1.165, 1.54) is 12.7 Å². The Bertz CT molecular complexity index is 333. The molecule has 1 N–H and O–H groups in total. The molecule has 0 saturated carbocycles. The molecule has 0 heterocycles. The Morgan fingerprint density at radius 3 is 2.50 bits per heavy atom. The third kappa shape index (κ3) is 3.66. The highest BCUT2D eigenvalue weighted by Crippen LogP contribution is 2.15. The average molecular weight is 221 g/mol. The molecule has 0 aromatic heterocycles. The van der Waals surface area contributed by atoms with Gasteiger partial charge in [-0.05, 0) is 19.4 Å². The monoisotopic (exact) mass is 221 g/mol. The van der Waals surface area contributed by atoms with Crippen LogP contribution in [0.15, 0.2) is 30.3 Å². The number of hydrogen-bond acceptors (Lipinski definition) is 3. The second-order valence-corrected chi connectivity index (χ2v) is 4.46. The van der Waals surface area contributed by atoms with Crippen LogP contribution in [0.1, 0.15) is 19.4 Å². The second kappa shape index (κ2) is 5.66. The molecule has 0 fully saturated rings. The Balaban J connectivity index is 2.38. The maximum Gasteiger partial charge on any atom is 0.312 e. The fourth-order valence-corrected chi connectivity index (χ4v) is 1.46. The topological polar surface area (TPSA) is 38.3 Å². The molecule has 16 heavy (non-hydrogen) atoms. The lowest BCUT2D eigenvalue weighted by atomic mass is 9.94. The molecule has 88 valence electrons. The summed E-state index contributed by atoms with van der Waals surface area (Å²) in [6.45, 7) is 5.11. The molecule has 1 aromatic rings. The fourth-order valence-electron chi connectivity index (χ4n) is 1.46. The highest BCUT2D eigenvalue weighted by molar-refractivity contribution is 5.76. The zero-order valence-electron chi connectivity index (χ0n) is 10.1. The van der Waals surface area contributed by atoms with E-state index in [4.69, 9.17) is 4.74 Å². The molecule has 3 nitrogen and oxygen atoms in total. The second-order valence-electron chi connectivity index (χ2n) is 4.46. The van der Waals surface area contributed by atoms with Crippen LogP contribution >= 0.6 is 0 Å². The molecule has 0 aliphatic heterocycles. The van der Waals surface area contributed by atoms with Crippen LogP contribution in [0.25, 0.3) is 0 Å². The van der Waals surface area contributed by atoms with E-state index in [2.05, 4.69) is 17.4 Å². The number of ether oxygens (including phenoxy) is 1. The predicted molar refractivity (Wildman–Crippen MR) is 63.9 cm³/mol. The minimum absolute atomic E-state index is 0.187. The van der Waals surface area contributed by atoms with E-state index in [9.17, 15) is 4.79 Å². The molecule has 0 radical (unpaired) electrons. The summed E-state index contributed by atoms with van der Waals surface area (Å²) in [5, 5.41) is 3.26. The quantitative estimate of drug-likeness (QED) is 0.773. The number of rotatable bonds is 5. The van der Waals surface area contributed by atoms with Crippen molar-refractivity contribution in [2.24, 2.45) is 5.41 Å². The normalized spacial score (nSPS) is 11.2. The Morgan fingerprint density at radius 1 is 1.31 bits per heavy atom. The number of carbonyl (C=O) groups is 1. The summed E-state index contributed by atoms with van der Waals surface area (Å²) in [6, 6.07) is 10.1. The molecule has 0 aliphatic carbocycles. The molecule has 0 amide bonds. The van der Waals surface area contributed by atoms with Gasteiger partial charge in [0.25, 0.3) is 0 Å². The van der Waals surface area contributed by atoms with Gasteiger partial charge in [0.15, 0.2) is 0 Å². The first-order chi connectivity index (χ1) is 7.56. The maximum absolute atomic E-state index is 11.4. The molecular weight excluding hydrogens is 202 g/mol. The number of nitrogens with one attached hydrogen (secondary N) is 1. The third-order valence-corrected chi connectivity index (χ3v) is 2.48. The van der Waals surface area contributed by atoms with Gasteiger partial charge in [0.1, 0.15) is 0 Å². The van der Waals surface area contributed by atoms with Crippen molar-refractivity contribution in [3.63, 3.8) is 0 Å². The lowest BCUT2D eigenvalue weighted by Crippen LogP contribution is -2.36. The molecule has 0 bridgehead atoms. The summed E-state index contributed by atoms with van der Waals surface area (Å²) in [7, 11) is 1.42. The van der Waals surface area contributed by atoms with Crippen LogP contribution in [0, 0.1) is 5.41 Å². The van der Waals surface area contributed by atoms with Gasteiger partial charge in [0.2, 0.25) is 0 Å². The van der Waals surface area contributed by atoms with E-state index >= 15 is 0 Å². The van der Waals surface area contributed by atoms with E-state index in [-0.39, 0.29) is 5.97 Å². The van der Waals surface area contributed by atoms with Crippen molar-refractivity contribution in [1.82, 2.24) is 5.32 Å². The summed E-state index contributed by atoms with van der Waals surface area (Å²) in [6.07, 6.45) is 0. The lowest BCUT2D eigenvalue weighted by molar-refractivity contribution is -0.150. The van der Waals surface area contributed by atoms with Crippen molar-refractivity contribution < 1.29 is 9.53 Å². The van der Waals surface area contributed by atoms with Gasteiger partial charge in [-0.3, -0.25) is 4.79 Å². The average Bonchev–Trinajstić information content (AvgIpc) is 2.29. The van der Waals surface area contributed by atoms with Gasteiger partial charge < -0.3 is 10.1 Å². The SMILES string of the molecule is COC(=O)C(C)(C)CNCc1ccccc1. The first kappa shape index (κ1) is 12.7. The van der Waals surface area contributed by atoms with Gasteiger partial charge in [0, 0.05) is 13.1 Å². The third-order valence-electron chi connectivity index (χ3n) is 2.48. The summed E-state index contributed by atoms with van der Waals surface area (Å²) >= 11 is 0. The number of esters is 1. The first-order valence-electron chi connectivity index (χ1n) is 5.39. The van der Waals surface area contributed by atoms with Crippen LogP contribution in [-0.4, -0.2) is 19.6 Å². The van der Waals surface area contributed by atoms with Gasteiger partial charge in [0.05, 0.1) is 12.5 Å². The fraction of sp³-hybridized carbons (Fsp3) is 0.462. The largest absolute Gasteiger partial charge is 0.469 e. The number of methoxy groups -OCH3 is 1. The van der Waals surface area contributed by atoms with Gasteiger partial charge in [-0.25, -0.2) is 0 Å². The molecule has 1 rings (SSSR count). The summed E-state index contributed by atoms with van der Waals surface area (Å²) < 4.78 is 4.74. The molecule has 0 aliphatic rings. The molecule has 0 unspecified atom stereocenters. The zero-order valence-corrected chi connectivity index (χ0v) is 10.1. The Kier molecular flexibility index (Phi) is 4.50. The summed E-state index contributed by atoms with van der Waals surface area (Å²) in [4.78, 5) is 11.4. The standard InChI is InChI=1S/C13H19NO2/c1-13(2,12(15)16-3)10-14-9-11-7-5-4-6-8-11/h4-8,14H,9-10H2,1-3H3. The smallest absolute Gasteiger partial charge is 0.312 e. The van der Waals surface area contributed by atoms with Crippen LogP contribution in [0.4, 0.5) is 0 Å². The zero-order chi connectivity index (χ0) is 12.0. The van der Waals surface area contributed by atoms with Crippen LogP contribution < -0.4 is 5.32 Å². The van der Waals surface area contributed by atoms with E-state index in [0.717, 1.165) is 6.54 Å². The van der Waals surface area contributed by atoms with E-state index in [1.807, 2.05) is 32.0 Å². The van der Waals surface area contributed by atoms with Crippen molar-refractivity contribution in [3.8, 4) is 0 Å². The minimum atomic E-state index is -0.483. The van der Waals surface area contributed by atoms with E-state index < -0.39 is 5.41 Å². The molecule has 0 saturated heterocycles. The van der Waals surface area contributed by atoms with Crippen LogP contribution in [0.2, 0.25) is 0 Å². The van der Waals surface area contributed by atoms with Gasteiger partial charge in [-0.15, -0.1) is 0 Å². The van der Waals surface area contributed by atoms with Crippen LogP contribution in [0.3, 0.4) is 0 Å². The molecule has 1 aromatic carbocycles. The van der Waals surface area contributed by atoms with Crippen molar-refractivity contribution in [3.05, 3.63) is 35.9 Å². The highest BCUT2D eigenvalue weighted by atomic mass is 16.5. The number of carbonyl (C=O) groups excluding carboxylic acids is 1. The summed E-state index contributed by atoms with van der Waals surface area (Å²) in [5.74, 6) is -0.187. The maximum atomic E-state index is 11.4. The van der Waals surface area contributed by atoms with Gasteiger partial charge in [-0.2, -0.15) is 0 Å². The van der Waals surface area contributed by atoms with Crippen LogP contribution in [-0.2, 0) is 16.1 Å². The number of benzene rings is 1. The lowest BCUT2D eigenvalue weighted by Gasteiger charge is -2.21. The van der Waals surface area contributed by atoms with Crippen molar-refractivity contribution >= 4 is 5.97 Å². The molecular formula is C13H19NO2. The van der Waals surface area contributed by atoms with Crippen molar-refractivity contribution in [1.29, 1.82) is 0 Å². The van der Waals surface area contributed by atoms with Crippen LogP contribution in [0.5, 0.6) is 0 Å². The van der Waals surface area contributed by atoms with Crippen molar-refractivity contribution in [2.45, 2.75) is 20.4 Å².